The number of hydrogen-bond donors (Lipinski definition) is 0. The van der Waals surface area contributed by atoms with Gasteiger partial charge in [-0.3, -0.25) is 4.79 Å². The van der Waals surface area contributed by atoms with Crippen LogP contribution >= 0.6 is 22.6 Å². The molecule has 0 heterocycles. The number of alkyl halides is 3. The SMILES string of the molecule is O=[C]c1cc(I)cc(C(F)(F)F)c1. The molecule has 13 heavy (non-hydrogen) atoms. The Bertz CT molecular complexity index is 333. The number of benzene rings is 1. The molecule has 0 aromatic heterocycles. The molecule has 69 valence electrons. The van der Waals surface area contributed by atoms with Crippen molar-refractivity contribution >= 4 is 28.9 Å². The van der Waals surface area contributed by atoms with E-state index in [1.54, 1.807) is 22.6 Å². The first-order valence-corrected chi connectivity index (χ1v) is 4.27. The molecule has 0 spiro atoms. The molecular weight excluding hydrogens is 296 g/mol. The minimum Gasteiger partial charge on any atom is -0.285 e. The Kier molecular flexibility index (Phi) is 2.94. The number of halogens is 4. The number of rotatable bonds is 1. The van der Waals surface area contributed by atoms with Gasteiger partial charge in [-0.2, -0.15) is 13.2 Å². The van der Waals surface area contributed by atoms with Gasteiger partial charge in [0.15, 0.2) is 0 Å². The molecule has 0 amide bonds. The van der Waals surface area contributed by atoms with Gasteiger partial charge in [-0.15, -0.1) is 0 Å². The highest BCUT2D eigenvalue weighted by molar-refractivity contribution is 14.1. The van der Waals surface area contributed by atoms with Gasteiger partial charge in [0.2, 0.25) is 6.29 Å². The smallest absolute Gasteiger partial charge is 0.285 e. The molecule has 0 bridgehead atoms. The zero-order valence-corrected chi connectivity index (χ0v) is 8.31. The number of carbonyl (C=O) groups excluding carboxylic acids is 1. The summed E-state index contributed by atoms with van der Waals surface area (Å²) in [6.07, 6.45) is -2.98. The van der Waals surface area contributed by atoms with Gasteiger partial charge in [-0.05, 0) is 40.8 Å². The fraction of sp³-hybridized carbons (Fsp3) is 0.125. The molecule has 0 aliphatic carbocycles. The Morgan fingerprint density at radius 3 is 2.31 bits per heavy atom. The van der Waals surface area contributed by atoms with E-state index in [1.807, 2.05) is 0 Å². The van der Waals surface area contributed by atoms with E-state index in [9.17, 15) is 18.0 Å². The second kappa shape index (κ2) is 3.65. The third-order valence-corrected chi connectivity index (χ3v) is 1.97. The van der Waals surface area contributed by atoms with Gasteiger partial charge in [0.1, 0.15) is 0 Å². The lowest BCUT2D eigenvalue weighted by atomic mass is 10.1. The van der Waals surface area contributed by atoms with Crippen LogP contribution in [0.5, 0.6) is 0 Å². The highest BCUT2D eigenvalue weighted by Crippen LogP contribution is 2.30. The second-order valence-corrected chi connectivity index (χ2v) is 3.57. The Hall–Kier alpha value is -0.590. The van der Waals surface area contributed by atoms with E-state index in [0.29, 0.717) is 3.57 Å². The van der Waals surface area contributed by atoms with Crippen LogP contribution in [0.4, 0.5) is 13.2 Å². The molecular formula is C8H3F3IO. The fourth-order valence-electron chi connectivity index (χ4n) is 0.812. The van der Waals surface area contributed by atoms with Crippen LogP contribution in [-0.4, -0.2) is 6.29 Å². The summed E-state index contributed by atoms with van der Waals surface area (Å²) in [5.41, 5.74) is -0.906. The molecule has 1 aromatic carbocycles. The van der Waals surface area contributed by atoms with E-state index in [1.165, 1.54) is 12.4 Å². The monoisotopic (exact) mass is 299 g/mol. The molecule has 1 nitrogen and oxygen atoms in total. The molecule has 0 saturated carbocycles. The minimum absolute atomic E-state index is 0.0841. The summed E-state index contributed by atoms with van der Waals surface area (Å²) < 4.78 is 36.8. The van der Waals surface area contributed by atoms with E-state index in [0.717, 1.165) is 12.1 Å². The lowest BCUT2D eigenvalue weighted by Crippen LogP contribution is -2.05. The second-order valence-electron chi connectivity index (χ2n) is 2.33. The van der Waals surface area contributed by atoms with Gasteiger partial charge >= 0.3 is 6.18 Å². The van der Waals surface area contributed by atoms with E-state index in [-0.39, 0.29) is 5.56 Å². The van der Waals surface area contributed by atoms with E-state index < -0.39 is 11.7 Å². The van der Waals surface area contributed by atoms with E-state index in [2.05, 4.69) is 0 Å². The van der Waals surface area contributed by atoms with Gasteiger partial charge in [0.25, 0.3) is 0 Å². The molecule has 5 heteroatoms. The maximum Gasteiger partial charge on any atom is 0.416 e. The molecule has 1 aromatic rings. The summed E-state index contributed by atoms with van der Waals surface area (Å²) in [5, 5.41) is 0. The van der Waals surface area contributed by atoms with Crippen molar-refractivity contribution in [2.24, 2.45) is 0 Å². The van der Waals surface area contributed by atoms with Crippen LogP contribution in [0.25, 0.3) is 0 Å². The van der Waals surface area contributed by atoms with Crippen molar-refractivity contribution in [3.63, 3.8) is 0 Å². The maximum atomic E-state index is 12.2. The average molecular weight is 299 g/mol. The van der Waals surface area contributed by atoms with Crippen molar-refractivity contribution in [1.29, 1.82) is 0 Å². The molecule has 0 atom stereocenters. The molecule has 0 aliphatic heterocycles. The van der Waals surface area contributed by atoms with Crippen LogP contribution in [0.1, 0.15) is 11.1 Å². The van der Waals surface area contributed by atoms with Crippen LogP contribution in [0.15, 0.2) is 18.2 Å². The van der Waals surface area contributed by atoms with Crippen LogP contribution in [0.3, 0.4) is 0 Å². The fourth-order valence-corrected chi connectivity index (χ4v) is 1.48. The van der Waals surface area contributed by atoms with Gasteiger partial charge in [0.05, 0.1) is 5.56 Å². The largest absolute Gasteiger partial charge is 0.416 e. The summed E-state index contributed by atoms with van der Waals surface area (Å²) in [7, 11) is 0. The van der Waals surface area contributed by atoms with Crippen molar-refractivity contribution in [3.05, 3.63) is 32.9 Å². The first-order chi connectivity index (χ1) is 5.93. The summed E-state index contributed by atoms with van der Waals surface area (Å²) in [6.45, 7) is 0. The lowest BCUT2D eigenvalue weighted by molar-refractivity contribution is -0.137. The summed E-state index contributed by atoms with van der Waals surface area (Å²) in [5.74, 6) is 0. The molecule has 0 aliphatic rings. The maximum absolute atomic E-state index is 12.2. The highest BCUT2D eigenvalue weighted by Gasteiger charge is 2.30. The Labute approximate surface area is 86.1 Å². The summed E-state index contributed by atoms with van der Waals surface area (Å²) in [6, 6.07) is 3.08. The Morgan fingerprint density at radius 1 is 1.23 bits per heavy atom. The first kappa shape index (κ1) is 10.5. The van der Waals surface area contributed by atoms with Crippen LogP contribution < -0.4 is 0 Å². The Morgan fingerprint density at radius 2 is 1.85 bits per heavy atom. The minimum atomic E-state index is -4.41. The molecule has 1 radical (unpaired) electrons. The standard InChI is InChI=1S/C8H3F3IO/c9-8(10,11)6-1-5(4-13)2-7(12)3-6/h1-3H. The lowest BCUT2D eigenvalue weighted by Gasteiger charge is -2.06. The predicted octanol–water partition coefficient (Wildman–Crippen LogP) is 2.77. The molecule has 1 rings (SSSR count). The quantitative estimate of drug-likeness (QED) is 0.729. The van der Waals surface area contributed by atoms with E-state index in [4.69, 9.17) is 0 Å². The Balaban J connectivity index is 3.24. The zero-order valence-electron chi connectivity index (χ0n) is 6.15. The van der Waals surface area contributed by atoms with E-state index >= 15 is 0 Å². The summed E-state index contributed by atoms with van der Waals surface area (Å²) in [4.78, 5) is 10.1. The average Bonchev–Trinajstić information content (AvgIpc) is 2.01. The zero-order chi connectivity index (χ0) is 10.1. The third kappa shape index (κ3) is 2.68. The van der Waals surface area contributed by atoms with Crippen LogP contribution in [0.2, 0.25) is 0 Å². The van der Waals surface area contributed by atoms with Crippen molar-refractivity contribution in [3.8, 4) is 0 Å². The third-order valence-electron chi connectivity index (χ3n) is 1.34. The van der Waals surface area contributed by atoms with Crippen molar-refractivity contribution in [2.75, 3.05) is 0 Å². The normalized spacial score (nSPS) is 11.4. The number of hydrogen-bond acceptors (Lipinski definition) is 1. The van der Waals surface area contributed by atoms with Gasteiger partial charge in [-0.1, -0.05) is 0 Å². The molecule has 0 N–H and O–H groups in total. The summed E-state index contributed by atoms with van der Waals surface area (Å²) >= 11 is 1.72. The predicted molar refractivity (Wildman–Crippen MR) is 49.0 cm³/mol. The van der Waals surface area contributed by atoms with Gasteiger partial charge in [0, 0.05) is 9.13 Å². The molecule has 0 saturated heterocycles. The molecule has 0 unspecified atom stereocenters. The van der Waals surface area contributed by atoms with Gasteiger partial charge < -0.3 is 0 Å². The van der Waals surface area contributed by atoms with Gasteiger partial charge in [-0.25, -0.2) is 0 Å². The topological polar surface area (TPSA) is 17.1 Å². The van der Waals surface area contributed by atoms with Crippen molar-refractivity contribution in [1.82, 2.24) is 0 Å². The molecule has 0 fully saturated rings. The van der Waals surface area contributed by atoms with Crippen LogP contribution in [0, 0.1) is 3.57 Å². The van der Waals surface area contributed by atoms with Crippen molar-refractivity contribution < 1.29 is 18.0 Å². The first-order valence-electron chi connectivity index (χ1n) is 3.19. The highest BCUT2D eigenvalue weighted by atomic mass is 127. The van der Waals surface area contributed by atoms with Crippen molar-refractivity contribution in [2.45, 2.75) is 6.18 Å². The van der Waals surface area contributed by atoms with Crippen LogP contribution in [-0.2, 0) is 11.0 Å².